The highest BCUT2D eigenvalue weighted by atomic mass is 16.5. The van der Waals surface area contributed by atoms with Crippen molar-refractivity contribution >= 4 is 0 Å². The predicted octanol–water partition coefficient (Wildman–Crippen LogP) is 2.76. The highest BCUT2D eigenvalue weighted by molar-refractivity contribution is 5.28. The molecule has 0 aliphatic carbocycles. The van der Waals surface area contributed by atoms with E-state index in [1.807, 2.05) is 0 Å². The Labute approximate surface area is 123 Å². The molecule has 4 heteroatoms. The van der Waals surface area contributed by atoms with Gasteiger partial charge in [0.1, 0.15) is 5.60 Å². The van der Waals surface area contributed by atoms with E-state index in [0.29, 0.717) is 6.54 Å². The molecule has 4 nitrogen and oxygen atoms in total. The normalized spacial score (nSPS) is 11.9. The van der Waals surface area contributed by atoms with Crippen LogP contribution in [0.3, 0.4) is 0 Å². The van der Waals surface area contributed by atoms with Gasteiger partial charge >= 0.3 is 0 Å². The van der Waals surface area contributed by atoms with E-state index in [2.05, 4.69) is 27.7 Å². The Morgan fingerprint density at radius 2 is 1.50 bits per heavy atom. The molecule has 2 N–H and O–H groups in total. The van der Waals surface area contributed by atoms with Crippen LogP contribution in [0.25, 0.3) is 0 Å². The summed E-state index contributed by atoms with van der Waals surface area (Å²) in [5.41, 5.74) is 8.85. The first-order chi connectivity index (χ1) is 9.62. The van der Waals surface area contributed by atoms with Gasteiger partial charge in [-0.25, -0.2) is 9.97 Å². The third-order valence-electron chi connectivity index (χ3n) is 4.18. The molecule has 0 saturated carbocycles. The standard InChI is InChI=1S/C16H29N3O/c1-6-13-12(10-11-17)14(7-2)19-15(18-13)16(8-3,9-4)20-5/h6-11,17H2,1-5H3. The van der Waals surface area contributed by atoms with Gasteiger partial charge in [-0.1, -0.05) is 27.7 Å². The molecule has 1 heterocycles. The second-order valence-corrected chi connectivity index (χ2v) is 5.07. The summed E-state index contributed by atoms with van der Waals surface area (Å²) in [7, 11) is 1.75. The number of aryl methyl sites for hydroxylation is 2. The number of nitrogens with two attached hydrogens (primary N) is 1. The van der Waals surface area contributed by atoms with Gasteiger partial charge in [0.25, 0.3) is 0 Å². The molecule has 0 saturated heterocycles. The summed E-state index contributed by atoms with van der Waals surface area (Å²) < 4.78 is 5.77. The van der Waals surface area contributed by atoms with Gasteiger partial charge < -0.3 is 10.5 Å². The van der Waals surface area contributed by atoms with Gasteiger partial charge in [0, 0.05) is 18.5 Å². The van der Waals surface area contributed by atoms with Gasteiger partial charge in [-0.3, -0.25) is 0 Å². The fourth-order valence-electron chi connectivity index (χ4n) is 2.75. The second kappa shape index (κ2) is 7.70. The van der Waals surface area contributed by atoms with E-state index in [1.165, 1.54) is 5.56 Å². The van der Waals surface area contributed by atoms with E-state index < -0.39 is 0 Å². The molecule has 20 heavy (non-hydrogen) atoms. The minimum Gasteiger partial charge on any atom is -0.370 e. The number of aromatic nitrogens is 2. The van der Waals surface area contributed by atoms with Crippen LogP contribution in [0.15, 0.2) is 0 Å². The van der Waals surface area contributed by atoms with Crippen molar-refractivity contribution in [2.45, 2.75) is 65.4 Å². The van der Waals surface area contributed by atoms with Crippen molar-refractivity contribution < 1.29 is 4.74 Å². The number of hydrogen-bond donors (Lipinski definition) is 1. The Morgan fingerprint density at radius 3 is 1.80 bits per heavy atom. The minimum absolute atomic E-state index is 0.366. The average molecular weight is 279 g/mol. The lowest BCUT2D eigenvalue weighted by Crippen LogP contribution is -2.31. The molecule has 0 aliphatic heterocycles. The molecule has 0 aliphatic rings. The summed E-state index contributed by atoms with van der Waals surface area (Å²) in [6.07, 6.45) is 4.42. The maximum absolute atomic E-state index is 5.77. The molecular weight excluding hydrogens is 250 g/mol. The van der Waals surface area contributed by atoms with Gasteiger partial charge in [0.05, 0.1) is 0 Å². The van der Waals surface area contributed by atoms with Gasteiger partial charge in [-0.15, -0.1) is 0 Å². The molecular formula is C16H29N3O. The molecule has 0 bridgehead atoms. The van der Waals surface area contributed by atoms with E-state index in [9.17, 15) is 0 Å². The zero-order chi connectivity index (χ0) is 15.2. The molecule has 1 aromatic heterocycles. The van der Waals surface area contributed by atoms with Gasteiger partial charge in [0.15, 0.2) is 5.82 Å². The van der Waals surface area contributed by atoms with E-state index in [0.717, 1.165) is 49.3 Å². The van der Waals surface area contributed by atoms with Gasteiger partial charge in [-0.2, -0.15) is 0 Å². The molecule has 0 radical (unpaired) electrons. The first-order valence-electron chi connectivity index (χ1n) is 7.76. The summed E-state index contributed by atoms with van der Waals surface area (Å²) in [6.45, 7) is 9.17. The molecule has 0 atom stereocenters. The van der Waals surface area contributed by atoms with Crippen LogP contribution in [0.2, 0.25) is 0 Å². The number of hydrogen-bond acceptors (Lipinski definition) is 4. The van der Waals surface area contributed by atoms with E-state index in [1.54, 1.807) is 7.11 Å². The smallest absolute Gasteiger partial charge is 0.160 e. The third-order valence-corrected chi connectivity index (χ3v) is 4.18. The van der Waals surface area contributed by atoms with Crippen LogP contribution in [-0.2, 0) is 29.6 Å². The largest absolute Gasteiger partial charge is 0.370 e. The van der Waals surface area contributed by atoms with Crippen LogP contribution in [0.1, 0.15) is 63.3 Å². The van der Waals surface area contributed by atoms with Crippen molar-refractivity contribution in [1.82, 2.24) is 9.97 Å². The first-order valence-corrected chi connectivity index (χ1v) is 7.76. The predicted molar refractivity (Wildman–Crippen MR) is 82.8 cm³/mol. The van der Waals surface area contributed by atoms with Crippen LogP contribution in [0.5, 0.6) is 0 Å². The van der Waals surface area contributed by atoms with Crippen LogP contribution in [0, 0.1) is 0 Å². The number of rotatable bonds is 8. The number of nitrogens with zero attached hydrogens (tertiary/aromatic N) is 2. The first kappa shape index (κ1) is 17.1. The molecule has 1 rings (SSSR count). The third kappa shape index (κ3) is 3.18. The summed E-state index contributed by atoms with van der Waals surface area (Å²) in [4.78, 5) is 9.62. The Morgan fingerprint density at radius 1 is 1.00 bits per heavy atom. The summed E-state index contributed by atoms with van der Waals surface area (Å²) >= 11 is 0. The topological polar surface area (TPSA) is 61.0 Å². The molecule has 0 fully saturated rings. The fourth-order valence-corrected chi connectivity index (χ4v) is 2.75. The van der Waals surface area contributed by atoms with E-state index in [-0.39, 0.29) is 5.60 Å². The monoisotopic (exact) mass is 279 g/mol. The highest BCUT2D eigenvalue weighted by Crippen LogP contribution is 2.31. The Balaban J connectivity index is 3.43. The fraction of sp³-hybridized carbons (Fsp3) is 0.750. The maximum atomic E-state index is 5.77. The zero-order valence-electron chi connectivity index (χ0n) is 13.6. The second-order valence-electron chi connectivity index (χ2n) is 5.07. The van der Waals surface area contributed by atoms with Crippen LogP contribution in [-0.4, -0.2) is 23.6 Å². The maximum Gasteiger partial charge on any atom is 0.160 e. The van der Waals surface area contributed by atoms with Crippen molar-refractivity contribution in [3.63, 3.8) is 0 Å². The minimum atomic E-state index is -0.366. The zero-order valence-corrected chi connectivity index (χ0v) is 13.6. The molecule has 0 amide bonds. The Bertz CT molecular complexity index is 394. The van der Waals surface area contributed by atoms with E-state index >= 15 is 0 Å². The lowest BCUT2D eigenvalue weighted by atomic mass is 9.94. The molecule has 114 valence electrons. The van der Waals surface area contributed by atoms with Crippen molar-refractivity contribution in [2.75, 3.05) is 13.7 Å². The quantitative estimate of drug-likeness (QED) is 0.795. The van der Waals surface area contributed by atoms with Crippen molar-refractivity contribution in [3.05, 3.63) is 22.8 Å². The number of methoxy groups -OCH3 is 1. The Hall–Kier alpha value is -1.00. The van der Waals surface area contributed by atoms with Crippen molar-refractivity contribution in [2.24, 2.45) is 5.73 Å². The highest BCUT2D eigenvalue weighted by Gasteiger charge is 2.32. The van der Waals surface area contributed by atoms with Crippen LogP contribution in [0.4, 0.5) is 0 Å². The molecule has 0 aromatic carbocycles. The average Bonchev–Trinajstić information content (AvgIpc) is 2.50. The molecule has 0 unspecified atom stereocenters. The summed E-state index contributed by atoms with van der Waals surface area (Å²) in [5, 5.41) is 0. The molecule has 1 aromatic rings. The lowest BCUT2D eigenvalue weighted by molar-refractivity contribution is -0.0295. The summed E-state index contributed by atoms with van der Waals surface area (Å²) in [6, 6.07) is 0. The van der Waals surface area contributed by atoms with Crippen molar-refractivity contribution in [1.29, 1.82) is 0 Å². The lowest BCUT2D eigenvalue weighted by Gasteiger charge is -2.30. The van der Waals surface area contributed by atoms with Gasteiger partial charge in [-0.05, 0) is 44.2 Å². The van der Waals surface area contributed by atoms with Crippen LogP contribution < -0.4 is 5.73 Å². The molecule has 0 spiro atoms. The summed E-state index contributed by atoms with van der Waals surface area (Å²) in [5.74, 6) is 0.833. The van der Waals surface area contributed by atoms with E-state index in [4.69, 9.17) is 20.4 Å². The SMILES string of the molecule is CCc1nc(C(CC)(CC)OC)nc(CC)c1CCN. The Kier molecular flexibility index (Phi) is 6.56. The van der Waals surface area contributed by atoms with Crippen molar-refractivity contribution in [3.8, 4) is 0 Å². The van der Waals surface area contributed by atoms with Gasteiger partial charge in [0.2, 0.25) is 0 Å². The van der Waals surface area contributed by atoms with Crippen LogP contribution >= 0.6 is 0 Å². The number of ether oxygens (including phenoxy) is 1.